The summed E-state index contributed by atoms with van der Waals surface area (Å²) < 4.78 is 20.2. The van der Waals surface area contributed by atoms with Crippen LogP contribution in [0.2, 0.25) is 5.02 Å². The molecule has 1 amide bonds. The van der Waals surface area contributed by atoms with E-state index in [9.17, 15) is 14.0 Å². The van der Waals surface area contributed by atoms with E-state index in [-0.39, 0.29) is 28.3 Å². The molecule has 1 atom stereocenters. The molecule has 0 bridgehead atoms. The monoisotopic (exact) mass is 437 g/mol. The Balaban J connectivity index is 1.84. The number of halogens is 2. The molecule has 0 spiro atoms. The second kappa shape index (κ2) is 9.35. The molecule has 7 heteroatoms. The molecule has 4 nitrogen and oxygen atoms in total. The second-order valence-electron chi connectivity index (χ2n) is 7.33. The van der Waals surface area contributed by atoms with Gasteiger partial charge in [0.15, 0.2) is 0 Å². The van der Waals surface area contributed by atoms with Gasteiger partial charge in [0.25, 0.3) is 5.91 Å². The number of anilines is 1. The van der Waals surface area contributed by atoms with Gasteiger partial charge in [0.05, 0.1) is 16.3 Å². The minimum Gasteiger partial charge on any atom is -0.458 e. The largest absolute Gasteiger partial charge is 0.458 e. The first-order chi connectivity index (χ1) is 13.8. The second-order valence-corrected chi connectivity index (χ2v) is 8.88. The number of hydrogen-bond acceptors (Lipinski definition) is 4. The van der Waals surface area contributed by atoms with E-state index in [4.69, 9.17) is 16.3 Å². The highest BCUT2D eigenvalue weighted by Gasteiger charge is 2.37. The molecule has 0 N–H and O–H groups in total. The summed E-state index contributed by atoms with van der Waals surface area (Å²) in [6, 6.07) is 2.36. The number of benzene rings is 1. The van der Waals surface area contributed by atoms with Gasteiger partial charge in [-0.2, -0.15) is 11.8 Å². The molecule has 0 radical (unpaired) electrons. The van der Waals surface area contributed by atoms with Crippen LogP contribution in [-0.2, 0) is 9.53 Å². The van der Waals surface area contributed by atoms with Gasteiger partial charge in [-0.3, -0.25) is 9.69 Å². The van der Waals surface area contributed by atoms with E-state index < -0.39 is 11.8 Å². The number of ether oxygens (including phenoxy) is 1. The fourth-order valence-electron chi connectivity index (χ4n) is 3.65. The van der Waals surface area contributed by atoms with Crippen LogP contribution in [0.1, 0.15) is 56.3 Å². The number of hydrogen-bond donors (Lipinski definition) is 0. The number of allylic oxidation sites excluding steroid dienone is 1. The molecule has 1 heterocycles. The lowest BCUT2D eigenvalue weighted by Crippen LogP contribution is -2.26. The summed E-state index contributed by atoms with van der Waals surface area (Å²) in [5.74, 6) is 0.0848. The zero-order chi connectivity index (χ0) is 21.1. The van der Waals surface area contributed by atoms with Crippen LogP contribution in [0.15, 0.2) is 35.6 Å². The molecule has 1 unspecified atom stereocenters. The predicted molar refractivity (Wildman–Crippen MR) is 116 cm³/mol. The molecule has 1 aliphatic carbocycles. The third kappa shape index (κ3) is 4.53. The number of esters is 1. The summed E-state index contributed by atoms with van der Waals surface area (Å²) in [5.41, 5.74) is 2.09. The zero-order valence-corrected chi connectivity index (χ0v) is 18.3. The summed E-state index contributed by atoms with van der Waals surface area (Å²) in [7, 11) is 0. The van der Waals surface area contributed by atoms with E-state index in [2.05, 4.69) is 13.5 Å². The Hall–Kier alpha value is -1.79. The van der Waals surface area contributed by atoms with Gasteiger partial charge in [-0.05, 0) is 62.5 Å². The molecule has 0 saturated heterocycles. The standard InChI is InChI=1S/C22H25ClFNO3S/c1-4-9-29-12-13(2)28-22(27)17-10-20(19(24)11-18(17)23)25-14(3)15-7-5-6-8-16(15)21(25)26/h10-11,13H,3-9,12H2,1-2H3. The Morgan fingerprint density at radius 3 is 2.69 bits per heavy atom. The van der Waals surface area contributed by atoms with Gasteiger partial charge in [0.1, 0.15) is 11.9 Å². The van der Waals surface area contributed by atoms with Crippen LogP contribution in [0.25, 0.3) is 0 Å². The molecular formula is C22H25ClFNO3S. The van der Waals surface area contributed by atoms with Crippen LogP contribution >= 0.6 is 23.4 Å². The number of carbonyl (C=O) groups is 2. The van der Waals surface area contributed by atoms with Gasteiger partial charge in [-0.15, -0.1) is 0 Å². The molecule has 1 aromatic carbocycles. The first-order valence-corrected chi connectivity index (χ1v) is 11.4. The number of nitrogens with zero attached hydrogens (tertiary/aromatic N) is 1. The Labute approximate surface area is 180 Å². The molecule has 1 aromatic rings. The molecule has 156 valence electrons. The maximum absolute atomic E-state index is 14.7. The van der Waals surface area contributed by atoms with Gasteiger partial charge in [-0.1, -0.05) is 25.1 Å². The average molecular weight is 438 g/mol. The number of rotatable bonds is 7. The van der Waals surface area contributed by atoms with E-state index in [0.717, 1.165) is 43.1 Å². The normalized spacial score (nSPS) is 17.6. The SMILES string of the molecule is C=C1C2=C(CCCC2)C(=O)N1c1cc(C(=O)OC(C)CSCCC)c(Cl)cc1F. The van der Waals surface area contributed by atoms with Crippen molar-refractivity contribution in [3.63, 3.8) is 0 Å². The fourth-order valence-corrected chi connectivity index (χ4v) is 4.73. The third-order valence-electron chi connectivity index (χ3n) is 5.05. The molecule has 29 heavy (non-hydrogen) atoms. The predicted octanol–water partition coefficient (Wildman–Crippen LogP) is 5.90. The van der Waals surface area contributed by atoms with Crippen LogP contribution in [0, 0.1) is 5.82 Å². The maximum atomic E-state index is 14.7. The van der Waals surface area contributed by atoms with Crippen molar-refractivity contribution in [3.05, 3.63) is 52.0 Å². The molecule has 0 aromatic heterocycles. The van der Waals surface area contributed by atoms with Crippen LogP contribution in [0.4, 0.5) is 10.1 Å². The first-order valence-electron chi connectivity index (χ1n) is 9.88. The van der Waals surface area contributed by atoms with Crippen molar-refractivity contribution in [3.8, 4) is 0 Å². The number of thioether (sulfide) groups is 1. The Kier molecular flexibility index (Phi) is 7.06. The van der Waals surface area contributed by atoms with E-state index in [1.54, 1.807) is 11.8 Å². The summed E-state index contributed by atoms with van der Waals surface area (Å²) in [4.78, 5) is 26.8. The Bertz CT molecular complexity index is 855. The van der Waals surface area contributed by atoms with Crippen molar-refractivity contribution < 1.29 is 18.7 Å². The molecule has 0 saturated carbocycles. The lowest BCUT2D eigenvalue weighted by molar-refractivity contribution is -0.114. The summed E-state index contributed by atoms with van der Waals surface area (Å²) in [6.45, 7) is 7.90. The van der Waals surface area contributed by atoms with Crippen molar-refractivity contribution >= 4 is 40.9 Å². The maximum Gasteiger partial charge on any atom is 0.340 e. The molecule has 1 aliphatic heterocycles. The highest BCUT2D eigenvalue weighted by atomic mass is 35.5. The highest BCUT2D eigenvalue weighted by molar-refractivity contribution is 7.99. The first kappa shape index (κ1) is 21.9. The molecular weight excluding hydrogens is 413 g/mol. The summed E-state index contributed by atoms with van der Waals surface area (Å²) >= 11 is 7.83. The highest BCUT2D eigenvalue weighted by Crippen LogP contribution is 2.42. The van der Waals surface area contributed by atoms with Crippen LogP contribution < -0.4 is 4.90 Å². The van der Waals surface area contributed by atoms with Gasteiger partial charge < -0.3 is 4.74 Å². The van der Waals surface area contributed by atoms with Crippen molar-refractivity contribution in [2.45, 2.75) is 52.1 Å². The summed E-state index contributed by atoms with van der Waals surface area (Å²) in [6.07, 6.45) is 4.08. The molecule has 3 rings (SSSR count). The summed E-state index contributed by atoms with van der Waals surface area (Å²) in [5, 5.41) is -0.0420. The van der Waals surface area contributed by atoms with Gasteiger partial charge in [0.2, 0.25) is 0 Å². The lowest BCUT2D eigenvalue weighted by Gasteiger charge is -2.21. The van der Waals surface area contributed by atoms with E-state index in [0.29, 0.717) is 23.4 Å². The topological polar surface area (TPSA) is 46.6 Å². The van der Waals surface area contributed by atoms with Gasteiger partial charge in [-0.25, -0.2) is 9.18 Å². The fraction of sp³-hybridized carbons (Fsp3) is 0.455. The van der Waals surface area contributed by atoms with Crippen molar-refractivity contribution in [2.24, 2.45) is 0 Å². The lowest BCUT2D eigenvalue weighted by atomic mass is 9.93. The van der Waals surface area contributed by atoms with E-state index in [1.807, 2.05) is 6.92 Å². The number of amides is 1. The van der Waals surface area contributed by atoms with Gasteiger partial charge >= 0.3 is 5.97 Å². The van der Waals surface area contributed by atoms with E-state index in [1.165, 1.54) is 11.0 Å². The Morgan fingerprint density at radius 2 is 2.03 bits per heavy atom. The molecule has 2 aliphatic rings. The van der Waals surface area contributed by atoms with E-state index >= 15 is 0 Å². The van der Waals surface area contributed by atoms with Crippen molar-refractivity contribution in [2.75, 3.05) is 16.4 Å². The van der Waals surface area contributed by atoms with Crippen molar-refractivity contribution in [1.29, 1.82) is 0 Å². The quantitative estimate of drug-likeness (QED) is 0.393. The average Bonchev–Trinajstić information content (AvgIpc) is 2.93. The van der Waals surface area contributed by atoms with Crippen LogP contribution in [-0.4, -0.2) is 29.5 Å². The molecule has 0 fully saturated rings. The minimum absolute atomic E-state index is 0.0150. The number of carbonyl (C=O) groups excluding carboxylic acids is 2. The van der Waals surface area contributed by atoms with Crippen LogP contribution in [0.5, 0.6) is 0 Å². The van der Waals surface area contributed by atoms with Crippen LogP contribution in [0.3, 0.4) is 0 Å². The zero-order valence-electron chi connectivity index (χ0n) is 16.7. The smallest absolute Gasteiger partial charge is 0.340 e. The van der Waals surface area contributed by atoms with Gasteiger partial charge in [0, 0.05) is 17.0 Å². The minimum atomic E-state index is -0.674. The Morgan fingerprint density at radius 1 is 1.34 bits per heavy atom. The van der Waals surface area contributed by atoms with Crippen molar-refractivity contribution in [1.82, 2.24) is 0 Å². The third-order valence-corrected chi connectivity index (χ3v) is 6.77.